The second-order valence-corrected chi connectivity index (χ2v) is 6.26. The second kappa shape index (κ2) is 7.35. The molecule has 3 nitrogen and oxygen atoms in total. The van der Waals surface area contributed by atoms with Crippen LogP contribution in [0.5, 0.6) is 5.75 Å². The summed E-state index contributed by atoms with van der Waals surface area (Å²) in [7, 11) is 1.63. The van der Waals surface area contributed by atoms with Gasteiger partial charge in [-0.3, -0.25) is 11.3 Å². The molecule has 112 valence electrons. The molecular weight excluding hydrogens is 403 g/mol. The zero-order chi connectivity index (χ0) is 15.4. The minimum Gasteiger partial charge on any atom is -0.497 e. The average molecular weight is 418 g/mol. The van der Waals surface area contributed by atoms with Crippen LogP contribution in [-0.2, 0) is 6.42 Å². The Labute approximate surface area is 139 Å². The van der Waals surface area contributed by atoms with Crippen molar-refractivity contribution in [1.82, 2.24) is 5.43 Å². The highest BCUT2D eigenvalue weighted by molar-refractivity contribution is 9.10. The quantitative estimate of drug-likeness (QED) is 0.568. The Morgan fingerprint density at radius 1 is 1.19 bits per heavy atom. The van der Waals surface area contributed by atoms with E-state index in [1.54, 1.807) is 19.2 Å². The van der Waals surface area contributed by atoms with E-state index in [0.29, 0.717) is 10.9 Å². The fourth-order valence-corrected chi connectivity index (χ4v) is 2.86. The van der Waals surface area contributed by atoms with Crippen LogP contribution in [0.4, 0.5) is 4.39 Å². The molecule has 0 saturated carbocycles. The van der Waals surface area contributed by atoms with Gasteiger partial charge in [-0.1, -0.05) is 22.0 Å². The Hall–Kier alpha value is -0.950. The number of nitrogens with one attached hydrogen (secondary N) is 1. The molecule has 0 aliphatic heterocycles. The molecule has 6 heteroatoms. The van der Waals surface area contributed by atoms with Crippen LogP contribution in [0.2, 0.25) is 0 Å². The maximum Gasteiger partial charge on any atom is 0.137 e. The summed E-state index contributed by atoms with van der Waals surface area (Å²) < 4.78 is 20.0. The van der Waals surface area contributed by atoms with E-state index in [1.165, 1.54) is 6.07 Å². The lowest BCUT2D eigenvalue weighted by atomic mass is 9.99. The lowest BCUT2D eigenvalue weighted by molar-refractivity contribution is 0.413. The molecule has 0 aromatic heterocycles. The fraction of sp³-hybridized carbons (Fsp3) is 0.200. The Balaban J connectivity index is 2.28. The number of methoxy groups -OCH3 is 1. The minimum atomic E-state index is -0.294. The summed E-state index contributed by atoms with van der Waals surface area (Å²) in [4.78, 5) is 0. The number of nitrogens with two attached hydrogens (primary N) is 1. The van der Waals surface area contributed by atoms with E-state index in [2.05, 4.69) is 37.3 Å². The third kappa shape index (κ3) is 4.03. The predicted molar refractivity (Wildman–Crippen MR) is 88.6 cm³/mol. The first-order valence-electron chi connectivity index (χ1n) is 6.28. The van der Waals surface area contributed by atoms with E-state index in [-0.39, 0.29) is 11.9 Å². The molecule has 21 heavy (non-hydrogen) atoms. The average Bonchev–Trinajstić information content (AvgIpc) is 2.49. The first-order chi connectivity index (χ1) is 10.0. The molecule has 0 aliphatic carbocycles. The van der Waals surface area contributed by atoms with Crippen LogP contribution >= 0.6 is 31.9 Å². The highest BCUT2D eigenvalue weighted by Crippen LogP contribution is 2.28. The number of benzene rings is 2. The van der Waals surface area contributed by atoms with Gasteiger partial charge in [0.1, 0.15) is 11.6 Å². The number of hydrogen-bond acceptors (Lipinski definition) is 3. The fourth-order valence-electron chi connectivity index (χ4n) is 2.06. The Morgan fingerprint density at radius 3 is 2.57 bits per heavy atom. The number of rotatable bonds is 5. The summed E-state index contributed by atoms with van der Waals surface area (Å²) in [5.74, 6) is 6.14. The van der Waals surface area contributed by atoms with Crippen molar-refractivity contribution in [2.45, 2.75) is 12.5 Å². The highest BCUT2D eigenvalue weighted by atomic mass is 79.9. The maximum atomic E-state index is 13.3. The number of ether oxygens (including phenoxy) is 1. The van der Waals surface area contributed by atoms with Gasteiger partial charge in [-0.25, -0.2) is 4.39 Å². The molecular formula is C15H15Br2FN2O. The molecule has 2 aromatic rings. The van der Waals surface area contributed by atoms with E-state index in [9.17, 15) is 4.39 Å². The Bertz CT molecular complexity index is 637. The molecule has 2 aromatic carbocycles. The Kier molecular flexibility index (Phi) is 5.75. The van der Waals surface area contributed by atoms with Gasteiger partial charge < -0.3 is 4.74 Å². The van der Waals surface area contributed by atoms with Crippen molar-refractivity contribution >= 4 is 31.9 Å². The van der Waals surface area contributed by atoms with Crippen molar-refractivity contribution in [3.05, 3.63) is 62.3 Å². The summed E-state index contributed by atoms with van der Waals surface area (Å²) in [5.41, 5.74) is 4.73. The van der Waals surface area contributed by atoms with E-state index in [4.69, 9.17) is 10.6 Å². The molecule has 1 atom stereocenters. The van der Waals surface area contributed by atoms with Crippen LogP contribution in [0.15, 0.2) is 45.3 Å². The lowest BCUT2D eigenvalue weighted by Crippen LogP contribution is -2.29. The van der Waals surface area contributed by atoms with Crippen LogP contribution in [0.3, 0.4) is 0 Å². The van der Waals surface area contributed by atoms with Gasteiger partial charge in [0.05, 0.1) is 17.6 Å². The Morgan fingerprint density at radius 2 is 1.95 bits per heavy atom. The van der Waals surface area contributed by atoms with Gasteiger partial charge in [-0.2, -0.15) is 0 Å². The molecule has 0 radical (unpaired) electrons. The normalized spacial score (nSPS) is 12.2. The summed E-state index contributed by atoms with van der Waals surface area (Å²) in [6.45, 7) is 0. The van der Waals surface area contributed by atoms with Crippen LogP contribution in [-0.4, -0.2) is 7.11 Å². The number of halogens is 3. The summed E-state index contributed by atoms with van der Waals surface area (Å²) in [5, 5.41) is 0. The molecule has 0 bridgehead atoms. The zero-order valence-corrected chi connectivity index (χ0v) is 14.5. The van der Waals surface area contributed by atoms with E-state index in [1.807, 2.05) is 18.2 Å². The van der Waals surface area contributed by atoms with Gasteiger partial charge in [0, 0.05) is 4.47 Å². The smallest absolute Gasteiger partial charge is 0.137 e. The van der Waals surface area contributed by atoms with Gasteiger partial charge in [-0.15, -0.1) is 0 Å². The maximum absolute atomic E-state index is 13.3. The molecule has 2 rings (SSSR count). The van der Waals surface area contributed by atoms with Crippen molar-refractivity contribution in [3.63, 3.8) is 0 Å². The van der Waals surface area contributed by atoms with Gasteiger partial charge in [0.15, 0.2) is 0 Å². The molecule has 0 fully saturated rings. The van der Waals surface area contributed by atoms with Crippen molar-refractivity contribution in [2.24, 2.45) is 5.84 Å². The molecule has 0 heterocycles. The predicted octanol–water partition coefficient (Wildman–Crippen LogP) is 4.11. The molecule has 1 unspecified atom stereocenters. The largest absolute Gasteiger partial charge is 0.497 e. The van der Waals surface area contributed by atoms with E-state index < -0.39 is 0 Å². The molecule has 0 spiro atoms. The van der Waals surface area contributed by atoms with Crippen LogP contribution in [0.25, 0.3) is 0 Å². The van der Waals surface area contributed by atoms with Gasteiger partial charge in [-0.05, 0) is 63.8 Å². The molecule has 0 aliphatic rings. The number of hydrogen-bond donors (Lipinski definition) is 2. The van der Waals surface area contributed by atoms with Crippen molar-refractivity contribution in [3.8, 4) is 5.75 Å². The van der Waals surface area contributed by atoms with Crippen molar-refractivity contribution in [2.75, 3.05) is 7.11 Å². The van der Waals surface area contributed by atoms with Crippen LogP contribution in [0.1, 0.15) is 17.2 Å². The molecule has 0 saturated heterocycles. The standard InChI is InChI=1S/C15H15Br2FN2O/c1-21-11-3-4-12(16)10(6-11)8-15(20-19)9-2-5-14(18)13(17)7-9/h2-7,15,20H,8,19H2,1H3. The topological polar surface area (TPSA) is 47.3 Å². The van der Waals surface area contributed by atoms with Crippen LogP contribution < -0.4 is 16.0 Å². The monoisotopic (exact) mass is 416 g/mol. The third-order valence-corrected chi connectivity index (χ3v) is 4.61. The minimum absolute atomic E-state index is 0.134. The first kappa shape index (κ1) is 16.4. The van der Waals surface area contributed by atoms with Crippen LogP contribution in [0, 0.1) is 5.82 Å². The second-order valence-electron chi connectivity index (χ2n) is 4.55. The number of hydrazine groups is 1. The SMILES string of the molecule is COc1ccc(Br)c(CC(NN)c2ccc(F)c(Br)c2)c1. The molecule has 0 amide bonds. The first-order valence-corrected chi connectivity index (χ1v) is 7.87. The van der Waals surface area contributed by atoms with Crippen molar-refractivity contribution in [1.29, 1.82) is 0 Å². The lowest BCUT2D eigenvalue weighted by Gasteiger charge is -2.18. The zero-order valence-electron chi connectivity index (χ0n) is 11.4. The van der Waals surface area contributed by atoms with Crippen molar-refractivity contribution < 1.29 is 9.13 Å². The van der Waals surface area contributed by atoms with Gasteiger partial charge in [0.2, 0.25) is 0 Å². The third-order valence-electron chi connectivity index (χ3n) is 3.22. The summed E-state index contributed by atoms with van der Waals surface area (Å²) in [6.07, 6.45) is 0.645. The summed E-state index contributed by atoms with van der Waals surface area (Å²) >= 11 is 6.72. The van der Waals surface area contributed by atoms with E-state index in [0.717, 1.165) is 21.3 Å². The molecule has 3 N–H and O–H groups in total. The van der Waals surface area contributed by atoms with Gasteiger partial charge in [0.25, 0.3) is 0 Å². The summed E-state index contributed by atoms with van der Waals surface area (Å²) in [6, 6.07) is 10.5. The highest BCUT2D eigenvalue weighted by Gasteiger charge is 2.14. The van der Waals surface area contributed by atoms with Gasteiger partial charge >= 0.3 is 0 Å². The van der Waals surface area contributed by atoms with E-state index >= 15 is 0 Å².